The lowest BCUT2D eigenvalue weighted by Crippen LogP contribution is -2.42. The van der Waals surface area contributed by atoms with Crippen LogP contribution < -0.4 is 9.47 Å². The molecule has 1 saturated heterocycles. The number of ether oxygens (including phenoxy) is 2. The summed E-state index contributed by atoms with van der Waals surface area (Å²) in [7, 11) is 3.49. The van der Waals surface area contributed by atoms with Crippen molar-refractivity contribution in [3.8, 4) is 10.9 Å². The molecule has 142 valence electrons. The van der Waals surface area contributed by atoms with Gasteiger partial charge in [-0.3, -0.25) is 9.48 Å². The van der Waals surface area contributed by atoms with Crippen LogP contribution in [0.3, 0.4) is 0 Å². The average Bonchev–Trinajstić information content (AvgIpc) is 3.23. The number of aromatic nitrogens is 3. The molecule has 1 amide bonds. The van der Waals surface area contributed by atoms with Gasteiger partial charge in [-0.05, 0) is 25.1 Å². The fourth-order valence-electron chi connectivity index (χ4n) is 3.21. The van der Waals surface area contributed by atoms with Crippen LogP contribution in [0.5, 0.6) is 10.9 Å². The molecule has 1 aliphatic rings. The molecule has 1 aromatic carbocycles. The number of hydrogen-bond acceptors (Lipinski definition) is 6. The smallest absolute Gasteiger partial charge is 0.274 e. The molecule has 0 aliphatic carbocycles. The number of amides is 1. The first-order valence-electron chi connectivity index (χ1n) is 8.94. The van der Waals surface area contributed by atoms with Gasteiger partial charge in [-0.2, -0.15) is 5.10 Å². The summed E-state index contributed by atoms with van der Waals surface area (Å²) in [5.41, 5.74) is 2.37. The summed E-state index contributed by atoms with van der Waals surface area (Å²) in [6.45, 7) is 3.27. The molecule has 0 radical (unpaired) electrons. The third-order valence-electron chi connectivity index (χ3n) is 4.90. The Morgan fingerprint density at radius 1 is 1.26 bits per heavy atom. The van der Waals surface area contributed by atoms with Crippen LogP contribution in [0.25, 0.3) is 10.2 Å². The van der Waals surface area contributed by atoms with Crippen molar-refractivity contribution in [2.24, 2.45) is 7.05 Å². The second-order valence-corrected chi connectivity index (χ2v) is 7.71. The number of aryl methyl sites for hydroxylation is 2. The van der Waals surface area contributed by atoms with E-state index in [4.69, 9.17) is 9.47 Å². The standard InChI is InChI=1S/C19H22N4O3S/c1-12-10-16(21-22(12)2)18(24)23-8-6-13(7-9-23)26-19-20-15-11-14(25-3)4-5-17(15)27-19/h4-5,10-11,13H,6-9H2,1-3H3. The Balaban J connectivity index is 1.37. The van der Waals surface area contributed by atoms with E-state index in [9.17, 15) is 4.79 Å². The maximum absolute atomic E-state index is 12.6. The molecule has 0 unspecified atom stereocenters. The molecule has 0 bridgehead atoms. The highest BCUT2D eigenvalue weighted by molar-refractivity contribution is 7.20. The van der Waals surface area contributed by atoms with Gasteiger partial charge in [-0.15, -0.1) is 0 Å². The lowest BCUT2D eigenvalue weighted by molar-refractivity contribution is 0.0589. The Bertz CT molecular complexity index is 953. The van der Waals surface area contributed by atoms with Crippen molar-refractivity contribution < 1.29 is 14.3 Å². The Kier molecular flexibility index (Phi) is 4.73. The van der Waals surface area contributed by atoms with Gasteiger partial charge in [0, 0.05) is 44.7 Å². The van der Waals surface area contributed by atoms with Gasteiger partial charge >= 0.3 is 0 Å². The summed E-state index contributed by atoms with van der Waals surface area (Å²) >= 11 is 1.54. The van der Waals surface area contributed by atoms with Crippen LogP contribution in [0, 0.1) is 6.92 Å². The summed E-state index contributed by atoms with van der Waals surface area (Å²) < 4.78 is 14.1. The first kappa shape index (κ1) is 17.8. The summed E-state index contributed by atoms with van der Waals surface area (Å²) in [5, 5.41) is 4.96. The number of carbonyl (C=O) groups excluding carboxylic acids is 1. The van der Waals surface area contributed by atoms with Crippen LogP contribution in [0.2, 0.25) is 0 Å². The lowest BCUT2D eigenvalue weighted by atomic mass is 10.1. The van der Waals surface area contributed by atoms with Crippen molar-refractivity contribution in [3.63, 3.8) is 0 Å². The van der Waals surface area contributed by atoms with Crippen LogP contribution >= 0.6 is 11.3 Å². The van der Waals surface area contributed by atoms with E-state index in [0.717, 1.165) is 34.5 Å². The van der Waals surface area contributed by atoms with Gasteiger partial charge in [0.15, 0.2) is 5.69 Å². The van der Waals surface area contributed by atoms with Gasteiger partial charge in [-0.25, -0.2) is 4.98 Å². The van der Waals surface area contributed by atoms with Gasteiger partial charge in [-0.1, -0.05) is 11.3 Å². The highest BCUT2D eigenvalue weighted by atomic mass is 32.1. The molecule has 2 aromatic heterocycles. The Morgan fingerprint density at radius 3 is 2.70 bits per heavy atom. The zero-order valence-corrected chi connectivity index (χ0v) is 16.5. The molecule has 0 N–H and O–H groups in total. The predicted octanol–water partition coefficient (Wildman–Crippen LogP) is 3.03. The summed E-state index contributed by atoms with van der Waals surface area (Å²) in [6, 6.07) is 7.66. The Hall–Kier alpha value is -2.61. The summed E-state index contributed by atoms with van der Waals surface area (Å²) in [6.07, 6.45) is 1.65. The van der Waals surface area contributed by atoms with E-state index in [1.165, 1.54) is 11.3 Å². The van der Waals surface area contributed by atoms with Crippen molar-refractivity contribution in [2.45, 2.75) is 25.9 Å². The van der Waals surface area contributed by atoms with Gasteiger partial charge in [0.2, 0.25) is 0 Å². The van der Waals surface area contributed by atoms with Crippen molar-refractivity contribution in [1.82, 2.24) is 19.7 Å². The van der Waals surface area contributed by atoms with Gasteiger partial charge in [0.1, 0.15) is 11.9 Å². The number of methoxy groups -OCH3 is 1. The maximum atomic E-state index is 12.6. The third-order valence-corrected chi connectivity index (χ3v) is 5.83. The Labute approximate surface area is 161 Å². The number of nitrogens with zero attached hydrogens (tertiary/aromatic N) is 4. The molecular weight excluding hydrogens is 364 g/mol. The van der Waals surface area contributed by atoms with Crippen LogP contribution in [-0.4, -0.2) is 51.9 Å². The highest BCUT2D eigenvalue weighted by Gasteiger charge is 2.26. The van der Waals surface area contributed by atoms with E-state index in [1.807, 2.05) is 43.1 Å². The molecule has 1 fully saturated rings. The molecule has 0 atom stereocenters. The van der Waals surface area contributed by atoms with E-state index in [-0.39, 0.29) is 12.0 Å². The number of piperidine rings is 1. The SMILES string of the molecule is COc1ccc2sc(OC3CCN(C(=O)c4cc(C)n(C)n4)CC3)nc2c1. The molecule has 3 heterocycles. The minimum Gasteiger partial charge on any atom is -0.497 e. The normalized spacial score (nSPS) is 15.3. The largest absolute Gasteiger partial charge is 0.497 e. The van der Waals surface area contributed by atoms with Crippen LogP contribution in [0.15, 0.2) is 24.3 Å². The molecule has 1 aliphatic heterocycles. The van der Waals surface area contributed by atoms with E-state index >= 15 is 0 Å². The van der Waals surface area contributed by atoms with E-state index in [1.54, 1.807) is 11.8 Å². The van der Waals surface area contributed by atoms with E-state index < -0.39 is 0 Å². The third kappa shape index (κ3) is 3.62. The predicted molar refractivity (Wildman–Crippen MR) is 104 cm³/mol. The highest BCUT2D eigenvalue weighted by Crippen LogP contribution is 2.32. The zero-order valence-electron chi connectivity index (χ0n) is 15.6. The van der Waals surface area contributed by atoms with Crippen LogP contribution in [-0.2, 0) is 7.05 Å². The fraction of sp³-hybridized carbons (Fsp3) is 0.421. The number of carbonyl (C=O) groups is 1. The Morgan fingerprint density at radius 2 is 2.04 bits per heavy atom. The van der Waals surface area contributed by atoms with Gasteiger partial charge < -0.3 is 14.4 Å². The maximum Gasteiger partial charge on any atom is 0.274 e. The molecule has 8 heteroatoms. The summed E-state index contributed by atoms with van der Waals surface area (Å²) in [4.78, 5) is 19.0. The van der Waals surface area contributed by atoms with E-state index in [2.05, 4.69) is 10.1 Å². The van der Waals surface area contributed by atoms with Crippen LogP contribution in [0.4, 0.5) is 0 Å². The molecule has 0 saturated carbocycles. The zero-order chi connectivity index (χ0) is 19.0. The average molecular weight is 386 g/mol. The minimum atomic E-state index is -0.00997. The summed E-state index contributed by atoms with van der Waals surface area (Å²) in [5.74, 6) is 0.778. The molecule has 7 nitrogen and oxygen atoms in total. The second-order valence-electron chi connectivity index (χ2n) is 6.72. The fourth-order valence-corrected chi connectivity index (χ4v) is 4.07. The first-order chi connectivity index (χ1) is 13.0. The van der Waals surface area contributed by atoms with Gasteiger partial charge in [0.25, 0.3) is 11.1 Å². The van der Waals surface area contributed by atoms with Crippen molar-refractivity contribution in [1.29, 1.82) is 0 Å². The number of thiazole rings is 1. The molecule has 0 spiro atoms. The van der Waals surface area contributed by atoms with E-state index in [0.29, 0.717) is 24.0 Å². The van der Waals surface area contributed by atoms with Crippen molar-refractivity contribution in [2.75, 3.05) is 20.2 Å². The second kappa shape index (κ2) is 7.19. The van der Waals surface area contributed by atoms with Crippen molar-refractivity contribution >= 4 is 27.5 Å². The van der Waals surface area contributed by atoms with Crippen molar-refractivity contribution in [3.05, 3.63) is 35.7 Å². The lowest BCUT2D eigenvalue weighted by Gasteiger charge is -2.31. The number of benzene rings is 1. The van der Waals surface area contributed by atoms with Crippen LogP contribution in [0.1, 0.15) is 29.0 Å². The van der Waals surface area contributed by atoms with Gasteiger partial charge in [0.05, 0.1) is 17.3 Å². The number of likely N-dealkylation sites (tertiary alicyclic amines) is 1. The molecule has 3 aromatic rings. The number of hydrogen-bond donors (Lipinski definition) is 0. The number of fused-ring (bicyclic) bond motifs is 1. The number of rotatable bonds is 4. The quantitative estimate of drug-likeness (QED) is 0.689. The molecule has 27 heavy (non-hydrogen) atoms. The first-order valence-corrected chi connectivity index (χ1v) is 9.76. The molecule has 4 rings (SSSR count). The monoisotopic (exact) mass is 386 g/mol. The topological polar surface area (TPSA) is 69.5 Å². The minimum absolute atomic E-state index is 0.00997. The molecular formula is C19H22N4O3S.